The molecule has 7 nitrogen and oxygen atoms in total. The summed E-state index contributed by atoms with van der Waals surface area (Å²) in [6.45, 7) is 3.75. The van der Waals surface area contributed by atoms with Crippen LogP contribution in [0.1, 0.15) is 12.5 Å². The normalized spacial score (nSPS) is 20.7. The summed E-state index contributed by atoms with van der Waals surface area (Å²) in [5.74, 6) is -2.73. The first kappa shape index (κ1) is 19.1. The van der Waals surface area contributed by atoms with Crippen molar-refractivity contribution in [3.63, 3.8) is 0 Å². The Labute approximate surface area is 172 Å². The van der Waals surface area contributed by atoms with E-state index in [2.05, 4.69) is 5.10 Å². The van der Waals surface area contributed by atoms with Gasteiger partial charge in [0.25, 0.3) is 5.91 Å². The number of nitrogens with zero attached hydrogens (tertiary/aromatic N) is 3. The van der Waals surface area contributed by atoms with Gasteiger partial charge in [0.05, 0.1) is 18.0 Å². The quantitative estimate of drug-likeness (QED) is 0.571. The third-order valence-corrected chi connectivity index (χ3v) is 5.13. The lowest BCUT2D eigenvalue weighted by Crippen LogP contribution is -2.39. The molecule has 2 atom stereocenters. The molecule has 2 aliphatic rings. The van der Waals surface area contributed by atoms with Crippen LogP contribution in [-0.2, 0) is 19.1 Å². The second-order valence-corrected chi connectivity index (χ2v) is 7.24. The van der Waals surface area contributed by atoms with Crippen LogP contribution in [0.4, 0.5) is 11.4 Å². The Morgan fingerprint density at radius 3 is 2.48 bits per heavy atom. The molecule has 0 bridgehead atoms. The number of aryl methyl sites for hydroxylation is 1. The summed E-state index contributed by atoms with van der Waals surface area (Å²) in [6.07, 6.45) is 0. The third-order valence-electron chi connectivity index (χ3n) is 4.90. The number of hydrazone groups is 1. The van der Waals surface area contributed by atoms with E-state index < -0.39 is 29.7 Å². The van der Waals surface area contributed by atoms with Crippen LogP contribution in [0, 0.1) is 12.8 Å². The highest BCUT2D eigenvalue weighted by atomic mass is 35.5. The van der Waals surface area contributed by atoms with E-state index in [1.165, 1.54) is 11.1 Å². The van der Waals surface area contributed by atoms with Crippen LogP contribution in [-0.4, -0.2) is 36.1 Å². The van der Waals surface area contributed by atoms with Gasteiger partial charge in [-0.25, -0.2) is 9.69 Å². The fraction of sp³-hybridized carbons (Fsp3) is 0.238. The SMILES string of the molecule is CCOC(=O)C1=NN(c2ccc(C)cc2)[C@@H]2C(=O)N(c3cccc(Cl)c3)C(=O)[C@H]12. The number of halogens is 1. The van der Waals surface area contributed by atoms with Crippen molar-refractivity contribution in [1.29, 1.82) is 0 Å². The van der Waals surface area contributed by atoms with E-state index in [-0.39, 0.29) is 12.3 Å². The minimum Gasteiger partial charge on any atom is -0.461 e. The lowest BCUT2D eigenvalue weighted by atomic mass is 9.97. The van der Waals surface area contributed by atoms with E-state index in [1.807, 2.05) is 19.1 Å². The number of hydrogen-bond acceptors (Lipinski definition) is 6. The molecule has 1 saturated heterocycles. The van der Waals surface area contributed by atoms with Crippen molar-refractivity contribution in [2.75, 3.05) is 16.5 Å². The number of esters is 1. The van der Waals surface area contributed by atoms with Gasteiger partial charge in [0.15, 0.2) is 5.71 Å². The maximum Gasteiger partial charge on any atom is 0.355 e. The first-order valence-electron chi connectivity index (χ1n) is 9.17. The number of hydrogen-bond donors (Lipinski definition) is 0. The number of imide groups is 1. The van der Waals surface area contributed by atoms with E-state index in [4.69, 9.17) is 16.3 Å². The summed E-state index contributed by atoms with van der Waals surface area (Å²) in [5.41, 5.74) is 1.93. The van der Waals surface area contributed by atoms with E-state index in [9.17, 15) is 14.4 Å². The minimum absolute atomic E-state index is 0.0692. The van der Waals surface area contributed by atoms with Crippen LogP contribution in [0.15, 0.2) is 53.6 Å². The molecule has 4 rings (SSSR count). The fourth-order valence-electron chi connectivity index (χ4n) is 3.57. The van der Waals surface area contributed by atoms with E-state index in [1.54, 1.807) is 37.3 Å². The molecule has 29 heavy (non-hydrogen) atoms. The van der Waals surface area contributed by atoms with Crippen molar-refractivity contribution in [1.82, 2.24) is 0 Å². The van der Waals surface area contributed by atoms with Crippen LogP contribution >= 0.6 is 11.6 Å². The molecule has 0 aliphatic carbocycles. The van der Waals surface area contributed by atoms with E-state index >= 15 is 0 Å². The van der Waals surface area contributed by atoms with Crippen LogP contribution < -0.4 is 9.91 Å². The van der Waals surface area contributed by atoms with Crippen LogP contribution in [0.2, 0.25) is 5.02 Å². The summed E-state index contributed by atoms with van der Waals surface area (Å²) in [7, 11) is 0. The lowest BCUT2D eigenvalue weighted by Gasteiger charge is -2.22. The summed E-state index contributed by atoms with van der Waals surface area (Å²) in [5, 5.41) is 6.15. The Morgan fingerprint density at radius 2 is 1.83 bits per heavy atom. The van der Waals surface area contributed by atoms with Crippen molar-refractivity contribution >= 4 is 46.5 Å². The molecule has 2 amide bonds. The van der Waals surface area contributed by atoms with Gasteiger partial charge >= 0.3 is 5.97 Å². The van der Waals surface area contributed by atoms with Gasteiger partial charge in [-0.2, -0.15) is 5.10 Å². The van der Waals surface area contributed by atoms with Gasteiger partial charge in [0.2, 0.25) is 5.91 Å². The maximum absolute atomic E-state index is 13.3. The highest BCUT2D eigenvalue weighted by molar-refractivity contribution is 6.47. The average molecular weight is 412 g/mol. The van der Waals surface area contributed by atoms with Gasteiger partial charge < -0.3 is 4.74 Å². The van der Waals surface area contributed by atoms with Crippen LogP contribution in [0.3, 0.4) is 0 Å². The first-order chi connectivity index (χ1) is 13.9. The zero-order chi connectivity index (χ0) is 20.7. The van der Waals surface area contributed by atoms with Gasteiger partial charge in [-0.15, -0.1) is 0 Å². The summed E-state index contributed by atoms with van der Waals surface area (Å²) in [6, 6.07) is 12.9. The van der Waals surface area contributed by atoms with Gasteiger partial charge in [0, 0.05) is 5.02 Å². The molecule has 0 N–H and O–H groups in total. The smallest absolute Gasteiger partial charge is 0.355 e. The molecule has 0 aromatic heterocycles. The molecule has 2 aromatic rings. The number of carbonyl (C=O) groups excluding carboxylic acids is 3. The Hall–Kier alpha value is -3.19. The second-order valence-electron chi connectivity index (χ2n) is 6.80. The number of carbonyl (C=O) groups is 3. The summed E-state index contributed by atoms with van der Waals surface area (Å²) in [4.78, 5) is 40.0. The molecule has 148 valence electrons. The molecule has 2 aromatic carbocycles. The summed E-state index contributed by atoms with van der Waals surface area (Å²) < 4.78 is 5.08. The van der Waals surface area contributed by atoms with Crippen molar-refractivity contribution in [3.8, 4) is 0 Å². The van der Waals surface area contributed by atoms with Crippen molar-refractivity contribution in [2.24, 2.45) is 11.0 Å². The lowest BCUT2D eigenvalue weighted by molar-refractivity contribution is -0.136. The number of rotatable bonds is 4. The zero-order valence-electron chi connectivity index (χ0n) is 15.8. The highest BCUT2D eigenvalue weighted by Gasteiger charge is 2.59. The Balaban J connectivity index is 1.79. The molecule has 0 unspecified atom stereocenters. The van der Waals surface area contributed by atoms with Crippen LogP contribution in [0.5, 0.6) is 0 Å². The number of benzene rings is 2. The van der Waals surface area contributed by atoms with Gasteiger partial charge in [-0.05, 0) is 44.2 Å². The summed E-state index contributed by atoms with van der Waals surface area (Å²) >= 11 is 6.04. The van der Waals surface area contributed by atoms with Gasteiger partial charge in [-0.3, -0.25) is 14.6 Å². The first-order valence-corrected chi connectivity index (χ1v) is 9.55. The van der Waals surface area contributed by atoms with Gasteiger partial charge in [0.1, 0.15) is 12.0 Å². The van der Waals surface area contributed by atoms with Crippen molar-refractivity contribution in [2.45, 2.75) is 19.9 Å². The molecule has 2 aliphatic heterocycles. The molecule has 1 fully saturated rings. The molecule has 0 spiro atoms. The van der Waals surface area contributed by atoms with E-state index in [0.29, 0.717) is 16.4 Å². The second kappa shape index (κ2) is 7.33. The fourth-order valence-corrected chi connectivity index (χ4v) is 3.75. The molecule has 0 saturated carbocycles. The molecule has 0 radical (unpaired) electrons. The Kier molecular flexibility index (Phi) is 4.84. The van der Waals surface area contributed by atoms with E-state index in [0.717, 1.165) is 10.5 Å². The third kappa shape index (κ3) is 3.17. The topological polar surface area (TPSA) is 79.3 Å². The number of anilines is 2. The van der Waals surface area contributed by atoms with Gasteiger partial charge in [-0.1, -0.05) is 35.4 Å². The molecule has 8 heteroatoms. The minimum atomic E-state index is -1.04. The zero-order valence-corrected chi connectivity index (χ0v) is 16.6. The Morgan fingerprint density at radius 1 is 1.10 bits per heavy atom. The number of amides is 2. The predicted octanol–water partition coefficient (Wildman–Crippen LogP) is 2.95. The van der Waals surface area contributed by atoms with Crippen molar-refractivity contribution < 1.29 is 19.1 Å². The number of fused-ring (bicyclic) bond motifs is 1. The van der Waals surface area contributed by atoms with Crippen LogP contribution in [0.25, 0.3) is 0 Å². The maximum atomic E-state index is 13.3. The highest BCUT2D eigenvalue weighted by Crippen LogP contribution is 2.38. The molecule has 2 heterocycles. The largest absolute Gasteiger partial charge is 0.461 e. The molecular weight excluding hydrogens is 394 g/mol. The Bertz CT molecular complexity index is 1030. The standard InChI is InChI=1S/C21H18ClN3O4/c1-3-29-21(28)17-16-18(25(23-17)14-9-7-12(2)8-10-14)20(27)24(19(16)26)15-6-4-5-13(22)11-15/h4-11,16,18H,3H2,1-2H3/t16-,18+/m1/s1. The monoisotopic (exact) mass is 411 g/mol. The molecular formula is C21H18ClN3O4. The van der Waals surface area contributed by atoms with Crippen molar-refractivity contribution in [3.05, 3.63) is 59.1 Å². The number of ether oxygens (including phenoxy) is 1. The average Bonchev–Trinajstić information content (AvgIpc) is 3.20. The predicted molar refractivity (Wildman–Crippen MR) is 109 cm³/mol.